The molecule has 0 saturated carbocycles. The molecule has 0 unspecified atom stereocenters. The Kier molecular flexibility index (Phi) is 4.17. The number of aryl methyl sites for hydroxylation is 1. The van der Waals surface area contributed by atoms with E-state index in [2.05, 4.69) is 41.9 Å². The van der Waals surface area contributed by atoms with Crippen molar-refractivity contribution in [3.05, 3.63) is 28.8 Å². The summed E-state index contributed by atoms with van der Waals surface area (Å²) in [6, 6.07) is 6.30. The van der Waals surface area contributed by atoms with Crippen molar-refractivity contribution in [2.24, 2.45) is 0 Å². The van der Waals surface area contributed by atoms with E-state index in [0.717, 1.165) is 22.5 Å². The number of hydrogen-bond donors (Lipinski definition) is 0. The Morgan fingerprint density at radius 3 is 3.00 bits per heavy atom. The molecule has 0 aliphatic carbocycles. The number of unbranched alkanes of at least 4 members (excludes halogenated alkanes) is 3. The summed E-state index contributed by atoms with van der Waals surface area (Å²) in [5.41, 5.74) is 2.16. The van der Waals surface area contributed by atoms with Crippen molar-refractivity contribution in [3.8, 4) is 11.8 Å². The van der Waals surface area contributed by atoms with Crippen molar-refractivity contribution < 1.29 is 0 Å². The first-order chi connectivity index (χ1) is 8.29. The normalized spacial score (nSPS) is 10.2. The summed E-state index contributed by atoms with van der Waals surface area (Å²) in [6.07, 6.45) is 4.74. The summed E-state index contributed by atoms with van der Waals surface area (Å²) in [4.78, 5) is 4.48. The van der Waals surface area contributed by atoms with Crippen LogP contribution >= 0.6 is 11.3 Å². The van der Waals surface area contributed by atoms with E-state index in [4.69, 9.17) is 0 Å². The number of thiazole rings is 1. The van der Waals surface area contributed by atoms with Crippen molar-refractivity contribution in [1.29, 1.82) is 0 Å². The van der Waals surface area contributed by atoms with Crippen LogP contribution in [0.3, 0.4) is 0 Å². The minimum atomic E-state index is 1.00. The first-order valence-corrected chi connectivity index (χ1v) is 6.97. The molecule has 0 aliphatic rings. The molecule has 2 aromatic rings. The van der Waals surface area contributed by atoms with Gasteiger partial charge in [-0.1, -0.05) is 31.6 Å². The Balaban J connectivity index is 2.08. The number of fused-ring (bicyclic) bond motifs is 1. The van der Waals surface area contributed by atoms with Crippen molar-refractivity contribution in [1.82, 2.24) is 4.98 Å². The van der Waals surface area contributed by atoms with Crippen LogP contribution in [0.1, 0.15) is 43.2 Å². The van der Waals surface area contributed by atoms with Crippen LogP contribution in [0.2, 0.25) is 0 Å². The second kappa shape index (κ2) is 5.84. The van der Waals surface area contributed by atoms with Crippen LogP contribution in [-0.4, -0.2) is 4.98 Å². The van der Waals surface area contributed by atoms with Gasteiger partial charge >= 0.3 is 0 Å². The van der Waals surface area contributed by atoms with Crippen LogP contribution in [0, 0.1) is 18.8 Å². The Morgan fingerprint density at radius 1 is 1.29 bits per heavy atom. The number of hydrogen-bond acceptors (Lipinski definition) is 2. The van der Waals surface area contributed by atoms with Gasteiger partial charge in [-0.05, 0) is 31.5 Å². The maximum absolute atomic E-state index is 4.48. The molecule has 2 rings (SSSR count). The molecule has 1 aromatic heterocycles. The lowest BCUT2D eigenvalue weighted by Crippen LogP contribution is -1.76. The molecule has 0 bridgehead atoms. The number of nitrogens with zero attached hydrogens (tertiary/aromatic N) is 1. The topological polar surface area (TPSA) is 12.9 Å². The Morgan fingerprint density at radius 2 is 2.18 bits per heavy atom. The molecule has 0 saturated heterocycles. The molecule has 1 nitrogen and oxygen atoms in total. The molecule has 1 aromatic carbocycles. The standard InChI is InChI=1S/C15H17NS/c1-3-4-5-6-7-8-13-9-10-15-14(11-13)16-12(2)17-15/h9-11H,3-6H2,1-2H3. The molecule has 0 N–H and O–H groups in total. The molecule has 0 amide bonds. The Hall–Kier alpha value is -1.33. The third-order valence-corrected chi connectivity index (χ3v) is 3.58. The van der Waals surface area contributed by atoms with Crippen molar-refractivity contribution >= 4 is 21.6 Å². The van der Waals surface area contributed by atoms with Gasteiger partial charge in [0, 0.05) is 12.0 Å². The summed E-state index contributed by atoms with van der Waals surface area (Å²) in [5, 5.41) is 1.12. The third kappa shape index (κ3) is 3.31. The summed E-state index contributed by atoms with van der Waals surface area (Å²) >= 11 is 1.74. The van der Waals surface area contributed by atoms with Crippen molar-refractivity contribution in [2.75, 3.05) is 0 Å². The SMILES string of the molecule is CCCCCC#Cc1ccc2sc(C)nc2c1. The van der Waals surface area contributed by atoms with E-state index in [0.29, 0.717) is 0 Å². The van der Waals surface area contributed by atoms with Gasteiger partial charge in [0.05, 0.1) is 15.2 Å². The zero-order valence-corrected chi connectivity index (χ0v) is 11.2. The van der Waals surface area contributed by atoms with Crippen molar-refractivity contribution in [3.63, 3.8) is 0 Å². The smallest absolute Gasteiger partial charge is 0.0907 e. The predicted octanol–water partition coefficient (Wildman–Crippen LogP) is 4.54. The molecule has 0 fully saturated rings. The molecule has 0 aliphatic heterocycles. The fourth-order valence-corrected chi connectivity index (χ4v) is 2.56. The van der Waals surface area contributed by atoms with Gasteiger partial charge in [-0.2, -0.15) is 0 Å². The second-order valence-electron chi connectivity index (χ2n) is 4.17. The first-order valence-electron chi connectivity index (χ1n) is 6.15. The average molecular weight is 243 g/mol. The van der Waals surface area contributed by atoms with E-state index >= 15 is 0 Å². The molecule has 1 heterocycles. The zero-order valence-electron chi connectivity index (χ0n) is 10.4. The van der Waals surface area contributed by atoms with E-state index in [-0.39, 0.29) is 0 Å². The lowest BCUT2D eigenvalue weighted by Gasteiger charge is -1.91. The summed E-state index contributed by atoms with van der Waals surface area (Å²) in [6.45, 7) is 4.26. The van der Waals surface area contributed by atoms with Gasteiger partial charge in [0.15, 0.2) is 0 Å². The third-order valence-electron chi connectivity index (χ3n) is 2.63. The minimum Gasteiger partial charge on any atom is -0.241 e. The monoisotopic (exact) mass is 243 g/mol. The van der Waals surface area contributed by atoms with E-state index in [1.807, 2.05) is 6.92 Å². The fourth-order valence-electron chi connectivity index (χ4n) is 1.75. The van der Waals surface area contributed by atoms with Gasteiger partial charge in [0.25, 0.3) is 0 Å². The van der Waals surface area contributed by atoms with E-state index in [1.165, 1.54) is 24.0 Å². The highest BCUT2D eigenvalue weighted by Crippen LogP contribution is 2.21. The molecule has 88 valence electrons. The van der Waals surface area contributed by atoms with E-state index in [1.54, 1.807) is 11.3 Å². The molecule has 0 radical (unpaired) electrons. The largest absolute Gasteiger partial charge is 0.241 e. The van der Waals surface area contributed by atoms with Crippen LogP contribution < -0.4 is 0 Å². The van der Waals surface area contributed by atoms with E-state index < -0.39 is 0 Å². The van der Waals surface area contributed by atoms with Crippen LogP contribution in [0.5, 0.6) is 0 Å². The highest BCUT2D eigenvalue weighted by Gasteiger charge is 1.99. The molecular formula is C15H17NS. The van der Waals surface area contributed by atoms with Gasteiger partial charge < -0.3 is 0 Å². The van der Waals surface area contributed by atoms with Crippen LogP contribution in [0.25, 0.3) is 10.2 Å². The maximum Gasteiger partial charge on any atom is 0.0907 e. The second-order valence-corrected chi connectivity index (χ2v) is 5.41. The molecule has 17 heavy (non-hydrogen) atoms. The van der Waals surface area contributed by atoms with Crippen LogP contribution in [0.4, 0.5) is 0 Å². The predicted molar refractivity (Wildman–Crippen MR) is 75.4 cm³/mol. The number of aromatic nitrogens is 1. The minimum absolute atomic E-state index is 1.00. The van der Waals surface area contributed by atoms with Gasteiger partial charge in [0.1, 0.15) is 0 Å². The molecule has 2 heteroatoms. The summed E-state index contributed by atoms with van der Waals surface area (Å²) in [5.74, 6) is 6.45. The van der Waals surface area contributed by atoms with Gasteiger partial charge in [0.2, 0.25) is 0 Å². The summed E-state index contributed by atoms with van der Waals surface area (Å²) < 4.78 is 1.25. The van der Waals surface area contributed by atoms with Gasteiger partial charge in [-0.15, -0.1) is 11.3 Å². The van der Waals surface area contributed by atoms with E-state index in [9.17, 15) is 0 Å². The van der Waals surface area contributed by atoms with Crippen LogP contribution in [0.15, 0.2) is 18.2 Å². The number of rotatable bonds is 3. The molecule has 0 atom stereocenters. The van der Waals surface area contributed by atoms with Crippen LogP contribution in [-0.2, 0) is 0 Å². The average Bonchev–Trinajstić information content (AvgIpc) is 2.68. The lowest BCUT2D eigenvalue weighted by atomic mass is 10.2. The number of benzene rings is 1. The molecular weight excluding hydrogens is 226 g/mol. The maximum atomic E-state index is 4.48. The fraction of sp³-hybridized carbons (Fsp3) is 0.400. The zero-order chi connectivity index (χ0) is 12.1. The Bertz CT molecular complexity index is 557. The first kappa shape index (κ1) is 12.1. The molecule has 0 spiro atoms. The van der Waals surface area contributed by atoms with Crippen molar-refractivity contribution in [2.45, 2.75) is 39.5 Å². The van der Waals surface area contributed by atoms with Gasteiger partial charge in [-0.25, -0.2) is 4.98 Å². The summed E-state index contributed by atoms with van der Waals surface area (Å²) in [7, 11) is 0. The van der Waals surface area contributed by atoms with Gasteiger partial charge in [-0.3, -0.25) is 0 Å². The highest BCUT2D eigenvalue weighted by molar-refractivity contribution is 7.18. The lowest BCUT2D eigenvalue weighted by molar-refractivity contribution is 0.737. The highest BCUT2D eigenvalue weighted by atomic mass is 32.1. The quantitative estimate of drug-likeness (QED) is 0.570. The Labute approximate surface area is 107 Å².